The predicted molar refractivity (Wildman–Crippen MR) is 51.5 cm³/mol. The lowest BCUT2D eigenvalue weighted by Gasteiger charge is -2.00. The lowest BCUT2D eigenvalue weighted by atomic mass is 10.0. The Bertz CT molecular complexity index is 336. The van der Waals surface area contributed by atoms with E-state index in [1.165, 1.54) is 0 Å². The summed E-state index contributed by atoms with van der Waals surface area (Å²) in [4.78, 5) is 22.4. The molecule has 0 atom stereocenters. The van der Waals surface area contributed by atoms with Crippen LogP contribution in [0.2, 0.25) is 0 Å². The van der Waals surface area contributed by atoms with Gasteiger partial charge in [-0.25, -0.2) is 0 Å². The molecule has 1 aromatic rings. The van der Waals surface area contributed by atoms with E-state index in [4.69, 9.17) is 0 Å². The molecule has 0 aliphatic carbocycles. The van der Waals surface area contributed by atoms with Gasteiger partial charge in [-0.05, 0) is 22.9 Å². The fourth-order valence-electron chi connectivity index (χ4n) is 1.41. The van der Waals surface area contributed by atoms with Crippen molar-refractivity contribution in [3.63, 3.8) is 0 Å². The van der Waals surface area contributed by atoms with E-state index in [0.29, 0.717) is 12.8 Å². The largest absolute Gasteiger partial charge is 0.286 e. The van der Waals surface area contributed by atoms with Gasteiger partial charge in [-0.1, -0.05) is 24.3 Å². The molecule has 1 aromatic carbocycles. The van der Waals surface area contributed by atoms with Crippen LogP contribution in [0.4, 0.5) is 0 Å². The summed E-state index contributed by atoms with van der Waals surface area (Å²) in [6.07, 6.45) is 0.763. The molecule has 0 bridgehead atoms. The number of carbonyl (C=O) groups is 2. The molecule has 0 radical (unpaired) electrons. The van der Waals surface area contributed by atoms with Gasteiger partial charge in [-0.15, -0.1) is 0 Å². The first-order chi connectivity index (χ1) is 6.25. The molecule has 0 amide bonds. The summed E-state index contributed by atoms with van der Waals surface area (Å²) in [5, 5.41) is -0.0927. The van der Waals surface area contributed by atoms with Gasteiger partial charge in [0.2, 0.25) is 10.2 Å². The number of hydrogen-bond donors (Lipinski definition) is 0. The van der Waals surface area contributed by atoms with Crippen molar-refractivity contribution in [2.24, 2.45) is 0 Å². The lowest BCUT2D eigenvalue weighted by Crippen LogP contribution is -1.97. The molecule has 0 fully saturated rings. The summed E-state index contributed by atoms with van der Waals surface area (Å²) in [5.41, 5.74) is 1.98. The van der Waals surface area contributed by atoms with E-state index in [9.17, 15) is 9.59 Å². The van der Waals surface area contributed by atoms with Crippen molar-refractivity contribution in [2.45, 2.75) is 12.8 Å². The average molecular weight is 192 g/mol. The maximum absolute atomic E-state index is 11.2. The van der Waals surface area contributed by atoms with Gasteiger partial charge < -0.3 is 0 Å². The SMILES string of the molecule is O=C1Cc2ccccc2CC(=O)S1. The quantitative estimate of drug-likeness (QED) is 0.625. The summed E-state index contributed by atoms with van der Waals surface area (Å²) in [7, 11) is 0. The van der Waals surface area contributed by atoms with Gasteiger partial charge in [0.05, 0.1) is 0 Å². The van der Waals surface area contributed by atoms with Crippen molar-refractivity contribution < 1.29 is 9.59 Å². The molecular weight excluding hydrogens is 184 g/mol. The summed E-state index contributed by atoms with van der Waals surface area (Å²) in [5.74, 6) is 0. The van der Waals surface area contributed by atoms with Crippen molar-refractivity contribution in [2.75, 3.05) is 0 Å². The highest BCUT2D eigenvalue weighted by Crippen LogP contribution is 2.21. The van der Waals surface area contributed by atoms with Crippen molar-refractivity contribution in [1.82, 2.24) is 0 Å². The normalized spacial score (nSPS) is 16.6. The molecule has 66 valence electrons. The van der Waals surface area contributed by atoms with Crippen LogP contribution in [0.3, 0.4) is 0 Å². The third kappa shape index (κ3) is 1.80. The minimum atomic E-state index is -0.0463. The number of hydrogen-bond acceptors (Lipinski definition) is 3. The Hall–Kier alpha value is -1.09. The Kier molecular flexibility index (Phi) is 2.19. The second kappa shape index (κ2) is 3.34. The fourth-order valence-corrected chi connectivity index (χ4v) is 2.12. The van der Waals surface area contributed by atoms with Gasteiger partial charge in [0.25, 0.3) is 0 Å². The van der Waals surface area contributed by atoms with E-state index >= 15 is 0 Å². The topological polar surface area (TPSA) is 34.1 Å². The molecule has 0 spiro atoms. The Morgan fingerprint density at radius 2 is 1.38 bits per heavy atom. The molecule has 2 rings (SSSR count). The first kappa shape index (κ1) is 8.51. The van der Waals surface area contributed by atoms with Crippen LogP contribution in [0.15, 0.2) is 24.3 Å². The zero-order valence-electron chi connectivity index (χ0n) is 6.95. The van der Waals surface area contributed by atoms with Crippen molar-refractivity contribution in [3.05, 3.63) is 35.4 Å². The minimum Gasteiger partial charge on any atom is -0.286 e. The maximum Gasteiger partial charge on any atom is 0.200 e. The Morgan fingerprint density at radius 1 is 0.923 bits per heavy atom. The van der Waals surface area contributed by atoms with Crippen LogP contribution in [0.1, 0.15) is 11.1 Å². The van der Waals surface area contributed by atoms with Crippen molar-refractivity contribution in [1.29, 1.82) is 0 Å². The molecule has 0 N–H and O–H groups in total. The number of benzene rings is 1. The first-order valence-electron chi connectivity index (χ1n) is 4.06. The van der Waals surface area contributed by atoms with Gasteiger partial charge in [0, 0.05) is 12.8 Å². The number of rotatable bonds is 0. The summed E-state index contributed by atoms with van der Waals surface area (Å²) < 4.78 is 0. The summed E-state index contributed by atoms with van der Waals surface area (Å²) >= 11 is 0.841. The van der Waals surface area contributed by atoms with Gasteiger partial charge in [0.15, 0.2) is 0 Å². The zero-order valence-corrected chi connectivity index (χ0v) is 7.76. The Balaban J connectivity index is 2.43. The van der Waals surface area contributed by atoms with E-state index in [-0.39, 0.29) is 10.2 Å². The lowest BCUT2D eigenvalue weighted by molar-refractivity contribution is -0.112. The molecule has 3 heteroatoms. The third-order valence-electron chi connectivity index (χ3n) is 2.02. The van der Waals surface area contributed by atoms with Gasteiger partial charge in [-0.2, -0.15) is 0 Å². The maximum atomic E-state index is 11.2. The molecule has 13 heavy (non-hydrogen) atoms. The molecule has 1 aliphatic rings. The number of thioether (sulfide) groups is 1. The van der Waals surface area contributed by atoms with Crippen LogP contribution >= 0.6 is 11.8 Å². The Morgan fingerprint density at radius 3 is 1.85 bits per heavy atom. The molecule has 0 aromatic heterocycles. The molecule has 1 aliphatic heterocycles. The fraction of sp³-hybridized carbons (Fsp3) is 0.200. The minimum absolute atomic E-state index is 0.0463. The van der Waals surface area contributed by atoms with Gasteiger partial charge in [0.1, 0.15) is 0 Å². The zero-order chi connectivity index (χ0) is 9.26. The molecule has 0 saturated heterocycles. The third-order valence-corrected chi connectivity index (χ3v) is 2.76. The Labute approximate surface area is 80.3 Å². The smallest absolute Gasteiger partial charge is 0.200 e. The number of carbonyl (C=O) groups excluding carboxylic acids is 2. The van der Waals surface area contributed by atoms with Gasteiger partial charge in [-0.3, -0.25) is 9.59 Å². The first-order valence-corrected chi connectivity index (χ1v) is 4.87. The monoisotopic (exact) mass is 192 g/mol. The van der Waals surface area contributed by atoms with Crippen LogP contribution < -0.4 is 0 Å². The molecule has 0 saturated carbocycles. The molecule has 1 heterocycles. The van der Waals surface area contributed by atoms with Gasteiger partial charge >= 0.3 is 0 Å². The van der Waals surface area contributed by atoms with E-state index in [1.807, 2.05) is 24.3 Å². The second-order valence-electron chi connectivity index (χ2n) is 2.97. The van der Waals surface area contributed by atoms with E-state index in [1.54, 1.807) is 0 Å². The van der Waals surface area contributed by atoms with E-state index in [2.05, 4.69) is 0 Å². The highest BCUT2D eigenvalue weighted by molar-refractivity contribution is 8.26. The van der Waals surface area contributed by atoms with E-state index in [0.717, 1.165) is 22.9 Å². The van der Waals surface area contributed by atoms with Crippen LogP contribution in [-0.4, -0.2) is 10.2 Å². The average Bonchev–Trinajstić information content (AvgIpc) is 2.20. The van der Waals surface area contributed by atoms with Crippen molar-refractivity contribution in [3.8, 4) is 0 Å². The highest BCUT2D eigenvalue weighted by atomic mass is 32.2. The van der Waals surface area contributed by atoms with Crippen molar-refractivity contribution >= 4 is 22.0 Å². The van der Waals surface area contributed by atoms with Crippen LogP contribution in [-0.2, 0) is 22.4 Å². The summed E-state index contributed by atoms with van der Waals surface area (Å²) in [6.45, 7) is 0. The standard InChI is InChI=1S/C10H8O2S/c11-9-5-7-3-1-2-4-8(7)6-10(12)13-9/h1-4H,5-6H2. The molecule has 0 unspecified atom stereocenters. The second-order valence-corrected chi connectivity index (χ2v) is 4.08. The molecule has 2 nitrogen and oxygen atoms in total. The van der Waals surface area contributed by atoms with Crippen LogP contribution in [0, 0.1) is 0 Å². The molecular formula is C10H8O2S. The van der Waals surface area contributed by atoms with Crippen LogP contribution in [0.25, 0.3) is 0 Å². The summed E-state index contributed by atoms with van der Waals surface area (Å²) in [6, 6.07) is 7.61. The van der Waals surface area contributed by atoms with E-state index < -0.39 is 0 Å². The van der Waals surface area contributed by atoms with Crippen LogP contribution in [0.5, 0.6) is 0 Å². The predicted octanol–water partition coefficient (Wildman–Crippen LogP) is 1.57. The highest BCUT2D eigenvalue weighted by Gasteiger charge is 2.19. The number of fused-ring (bicyclic) bond motifs is 1.